The summed E-state index contributed by atoms with van der Waals surface area (Å²) in [5, 5.41) is 15.6. The van der Waals surface area contributed by atoms with Crippen molar-refractivity contribution in [1.82, 2.24) is 10.0 Å². The lowest BCUT2D eigenvalue weighted by Gasteiger charge is -2.31. The predicted octanol–water partition coefficient (Wildman–Crippen LogP) is 4.24. The fourth-order valence-electron chi connectivity index (χ4n) is 4.13. The number of nitrogens with two attached hydrogens (primary N) is 2. The number of nitrogens with zero attached hydrogens (tertiary/aromatic N) is 2. The Balaban J connectivity index is 1.77. The molecule has 1 aliphatic rings. The number of aromatic nitrogens is 1. The lowest BCUT2D eigenvalue weighted by Crippen LogP contribution is -2.43. The van der Waals surface area contributed by atoms with Crippen molar-refractivity contribution >= 4 is 27.7 Å². The second-order valence-electron chi connectivity index (χ2n) is 8.13. The minimum Gasteiger partial charge on any atom is -0.440 e. The minimum absolute atomic E-state index is 0.0630. The molecule has 34 heavy (non-hydrogen) atoms. The van der Waals surface area contributed by atoms with Gasteiger partial charge in [-0.05, 0) is 61.7 Å². The van der Waals surface area contributed by atoms with Gasteiger partial charge in [0, 0.05) is 17.0 Å². The molecule has 12 heteroatoms. The van der Waals surface area contributed by atoms with Gasteiger partial charge in [-0.2, -0.15) is 0 Å². The number of rotatable bonds is 5. The number of hydrogen-bond acceptors (Lipinski definition) is 6. The summed E-state index contributed by atoms with van der Waals surface area (Å²) < 4.78 is 43.1. The van der Waals surface area contributed by atoms with E-state index in [-0.39, 0.29) is 15.8 Å². The van der Waals surface area contributed by atoms with Crippen LogP contribution in [0.4, 0.5) is 9.18 Å². The van der Waals surface area contributed by atoms with E-state index in [1.165, 1.54) is 42.5 Å². The highest BCUT2D eigenvalue weighted by Crippen LogP contribution is 2.40. The maximum absolute atomic E-state index is 13.8. The highest BCUT2D eigenvalue weighted by atomic mass is 35.5. The Morgan fingerprint density at radius 2 is 1.85 bits per heavy atom. The molecule has 9 nitrogen and oxygen atoms in total. The number of benzene rings is 2. The van der Waals surface area contributed by atoms with Gasteiger partial charge in [0.25, 0.3) is 0 Å². The van der Waals surface area contributed by atoms with Crippen LogP contribution in [0, 0.1) is 5.82 Å². The fourth-order valence-corrected chi connectivity index (χ4v) is 4.83. The highest BCUT2D eigenvalue weighted by Gasteiger charge is 2.32. The number of sulfonamides is 1. The molecule has 2 atom stereocenters. The summed E-state index contributed by atoms with van der Waals surface area (Å²) in [6.07, 6.45) is 2.38. The van der Waals surface area contributed by atoms with E-state index >= 15 is 0 Å². The van der Waals surface area contributed by atoms with E-state index in [1.54, 1.807) is 0 Å². The molecule has 0 saturated heterocycles. The van der Waals surface area contributed by atoms with Crippen LogP contribution in [0.5, 0.6) is 0 Å². The maximum Gasteiger partial charge on any atom is 0.338 e. The van der Waals surface area contributed by atoms with Gasteiger partial charge in [0.1, 0.15) is 11.5 Å². The molecule has 2 unspecified atom stereocenters. The first-order valence-corrected chi connectivity index (χ1v) is 12.3. The van der Waals surface area contributed by atoms with Crippen LogP contribution in [0.15, 0.2) is 51.8 Å². The molecule has 2 amide bonds. The zero-order valence-corrected chi connectivity index (χ0v) is 19.4. The molecule has 2 aromatic carbocycles. The molecular formula is C22H22ClFN4O5S. The van der Waals surface area contributed by atoms with Crippen LogP contribution in [0.25, 0.3) is 22.6 Å². The number of carbonyl (C=O) groups is 1. The molecule has 3 aromatic rings. The standard InChI is InChI=1S/C22H22ClFN4O5S/c23-17-11-13(6-9-18(17)24)19-20(12-4-7-16(8-5-12)34(26,31)32)33-21(27-19)14-2-1-3-15(10-14)28(30)22(25)29/h4-9,11,14-15,30H,1-3,10H2,(H2,25,29)(H2,26,31,32). The van der Waals surface area contributed by atoms with Gasteiger partial charge in [-0.3, -0.25) is 5.21 Å². The summed E-state index contributed by atoms with van der Waals surface area (Å²) in [4.78, 5) is 16.0. The van der Waals surface area contributed by atoms with Gasteiger partial charge in [-0.15, -0.1) is 0 Å². The van der Waals surface area contributed by atoms with Crippen LogP contribution < -0.4 is 10.9 Å². The van der Waals surface area contributed by atoms with E-state index in [9.17, 15) is 22.8 Å². The maximum atomic E-state index is 13.8. The largest absolute Gasteiger partial charge is 0.440 e. The van der Waals surface area contributed by atoms with Crippen LogP contribution >= 0.6 is 11.6 Å². The smallest absolute Gasteiger partial charge is 0.338 e. The Morgan fingerprint density at radius 3 is 2.47 bits per heavy atom. The van der Waals surface area contributed by atoms with Gasteiger partial charge in [0.05, 0.1) is 16.0 Å². The summed E-state index contributed by atoms with van der Waals surface area (Å²) in [5.74, 6) is -0.113. The second kappa shape index (κ2) is 9.34. The summed E-state index contributed by atoms with van der Waals surface area (Å²) in [6.45, 7) is 0. The van der Waals surface area contributed by atoms with Gasteiger partial charge in [0.15, 0.2) is 11.7 Å². The molecule has 1 aromatic heterocycles. The molecule has 1 aliphatic carbocycles. The lowest BCUT2D eigenvalue weighted by atomic mass is 9.85. The molecule has 0 bridgehead atoms. The molecule has 1 heterocycles. The molecule has 5 N–H and O–H groups in total. The fraction of sp³-hybridized carbons (Fsp3) is 0.273. The SMILES string of the molecule is NC(=O)N(O)C1CCCC(c2nc(-c3ccc(F)c(Cl)c3)c(-c3ccc(S(N)(=O)=O)cc3)o2)C1. The van der Waals surface area contributed by atoms with E-state index in [2.05, 4.69) is 4.98 Å². The van der Waals surface area contributed by atoms with Crippen molar-refractivity contribution in [3.8, 4) is 22.6 Å². The van der Waals surface area contributed by atoms with Crippen molar-refractivity contribution in [1.29, 1.82) is 0 Å². The number of carbonyl (C=O) groups excluding carboxylic acids is 1. The quantitative estimate of drug-likeness (QED) is 0.346. The summed E-state index contributed by atoms with van der Waals surface area (Å²) in [6, 6.07) is 8.50. The minimum atomic E-state index is -3.88. The first-order valence-electron chi connectivity index (χ1n) is 10.4. The number of halogens is 2. The van der Waals surface area contributed by atoms with Gasteiger partial charge in [-0.1, -0.05) is 18.0 Å². The molecular weight excluding hydrogens is 487 g/mol. The summed E-state index contributed by atoms with van der Waals surface area (Å²) >= 11 is 5.98. The van der Waals surface area contributed by atoms with E-state index in [4.69, 9.17) is 26.9 Å². The Labute approximate surface area is 200 Å². The van der Waals surface area contributed by atoms with E-state index in [1.807, 2.05) is 0 Å². The average molecular weight is 509 g/mol. The van der Waals surface area contributed by atoms with Crippen LogP contribution in [0.1, 0.15) is 37.5 Å². The zero-order valence-electron chi connectivity index (χ0n) is 17.8. The van der Waals surface area contributed by atoms with Crippen LogP contribution in [0.3, 0.4) is 0 Å². The van der Waals surface area contributed by atoms with Gasteiger partial charge >= 0.3 is 6.03 Å². The number of amides is 2. The Bertz CT molecular complexity index is 1330. The van der Waals surface area contributed by atoms with Crippen molar-refractivity contribution in [2.45, 2.75) is 42.5 Å². The molecule has 1 saturated carbocycles. The second-order valence-corrected chi connectivity index (χ2v) is 10.1. The Morgan fingerprint density at radius 1 is 1.18 bits per heavy atom. The average Bonchev–Trinajstić information content (AvgIpc) is 3.25. The van der Waals surface area contributed by atoms with E-state index in [0.29, 0.717) is 59.2 Å². The third-order valence-corrected chi connectivity index (χ3v) is 7.07. The first-order chi connectivity index (χ1) is 16.0. The van der Waals surface area contributed by atoms with E-state index in [0.717, 1.165) is 0 Å². The van der Waals surface area contributed by atoms with Crippen molar-refractivity contribution in [3.05, 3.63) is 59.2 Å². The molecule has 0 aliphatic heterocycles. The first kappa shape index (κ1) is 24.1. The number of urea groups is 1. The van der Waals surface area contributed by atoms with Crippen molar-refractivity contribution in [2.75, 3.05) is 0 Å². The molecule has 4 rings (SSSR count). The lowest BCUT2D eigenvalue weighted by molar-refractivity contribution is -0.0865. The molecule has 1 fully saturated rings. The van der Waals surface area contributed by atoms with Crippen LogP contribution in [-0.2, 0) is 10.0 Å². The van der Waals surface area contributed by atoms with Gasteiger partial charge in [-0.25, -0.2) is 32.8 Å². The van der Waals surface area contributed by atoms with Crippen LogP contribution in [0.2, 0.25) is 5.02 Å². The molecule has 0 radical (unpaired) electrons. The summed E-state index contributed by atoms with van der Waals surface area (Å²) in [5.41, 5.74) is 6.61. The van der Waals surface area contributed by atoms with Crippen molar-refractivity contribution < 1.29 is 27.2 Å². The topological polar surface area (TPSA) is 153 Å². The van der Waals surface area contributed by atoms with Gasteiger partial charge < -0.3 is 10.2 Å². The third kappa shape index (κ3) is 4.92. The summed E-state index contributed by atoms with van der Waals surface area (Å²) in [7, 11) is -3.88. The number of hydroxylamine groups is 2. The Hall–Kier alpha value is -2.99. The van der Waals surface area contributed by atoms with Crippen LogP contribution in [-0.4, -0.2) is 35.7 Å². The monoisotopic (exact) mass is 508 g/mol. The van der Waals surface area contributed by atoms with Crippen molar-refractivity contribution in [2.24, 2.45) is 10.9 Å². The number of hydrogen-bond donors (Lipinski definition) is 3. The highest BCUT2D eigenvalue weighted by molar-refractivity contribution is 7.89. The molecule has 0 spiro atoms. The third-order valence-electron chi connectivity index (χ3n) is 5.85. The number of oxazole rings is 1. The van der Waals surface area contributed by atoms with Crippen molar-refractivity contribution in [3.63, 3.8) is 0 Å². The number of primary amides is 1. The van der Waals surface area contributed by atoms with E-state index < -0.39 is 27.9 Å². The Kier molecular flexibility index (Phi) is 6.63. The predicted molar refractivity (Wildman–Crippen MR) is 122 cm³/mol. The molecule has 180 valence electrons. The normalized spacial score (nSPS) is 18.6. The van der Waals surface area contributed by atoms with Gasteiger partial charge in [0.2, 0.25) is 10.0 Å². The number of primary sulfonamides is 1. The zero-order chi connectivity index (χ0) is 24.6.